The van der Waals surface area contributed by atoms with Crippen LogP contribution < -0.4 is 10.2 Å². The molecule has 0 aliphatic heterocycles. The highest BCUT2D eigenvalue weighted by molar-refractivity contribution is 9.10. The first-order valence-corrected chi connectivity index (χ1v) is 6.67. The van der Waals surface area contributed by atoms with Gasteiger partial charge in [-0.05, 0) is 30.3 Å². The van der Waals surface area contributed by atoms with Crippen molar-refractivity contribution in [3.63, 3.8) is 0 Å². The van der Waals surface area contributed by atoms with E-state index < -0.39 is 11.9 Å². The van der Waals surface area contributed by atoms with Crippen LogP contribution in [0.2, 0.25) is 0 Å². The largest absolute Gasteiger partial charge is 0.376 e. The van der Waals surface area contributed by atoms with Crippen molar-refractivity contribution in [1.29, 1.82) is 0 Å². The van der Waals surface area contributed by atoms with Gasteiger partial charge in [-0.1, -0.05) is 15.9 Å². The highest BCUT2D eigenvalue weighted by Crippen LogP contribution is 2.28. The number of carbonyl (C=O) groups is 1. The van der Waals surface area contributed by atoms with E-state index in [9.17, 15) is 9.18 Å². The van der Waals surface area contributed by atoms with Crippen LogP contribution in [0.25, 0.3) is 0 Å². The van der Waals surface area contributed by atoms with E-state index in [0.717, 1.165) is 10.2 Å². The molecule has 0 aliphatic rings. The normalized spacial score (nSPS) is 10.2. The van der Waals surface area contributed by atoms with Crippen LogP contribution in [0.3, 0.4) is 0 Å². The molecule has 0 saturated carbocycles. The van der Waals surface area contributed by atoms with E-state index in [4.69, 9.17) is 0 Å². The summed E-state index contributed by atoms with van der Waals surface area (Å²) in [5, 5.41) is 2.70. The van der Waals surface area contributed by atoms with Crippen molar-refractivity contribution in [2.24, 2.45) is 0 Å². The minimum Gasteiger partial charge on any atom is -0.376 e. The molecule has 0 atom stereocenters. The lowest BCUT2D eigenvalue weighted by Gasteiger charge is -2.18. The van der Waals surface area contributed by atoms with Crippen molar-refractivity contribution >= 4 is 33.2 Å². The fraction of sp³-hybridized carbons (Fsp3) is 0.143. The summed E-state index contributed by atoms with van der Waals surface area (Å²) in [6, 6.07) is 8.41. The standard InChI is InChI=1S/C14H13BrFN3O/c1-19(2)12-6-5-9(15)8-11(12)18-14(20)10-4-3-7-17-13(10)16/h3-8H,1-2H3,(H,18,20). The Labute approximate surface area is 124 Å². The van der Waals surface area contributed by atoms with Crippen LogP contribution >= 0.6 is 15.9 Å². The number of amides is 1. The molecule has 0 unspecified atom stereocenters. The van der Waals surface area contributed by atoms with E-state index in [-0.39, 0.29) is 5.56 Å². The predicted octanol–water partition coefficient (Wildman–Crippen LogP) is 3.30. The summed E-state index contributed by atoms with van der Waals surface area (Å²) >= 11 is 3.35. The number of carbonyl (C=O) groups excluding carboxylic acids is 1. The fourth-order valence-electron chi connectivity index (χ4n) is 1.74. The Kier molecular flexibility index (Phi) is 4.34. The average molecular weight is 338 g/mol. The SMILES string of the molecule is CN(C)c1ccc(Br)cc1NC(=O)c1cccnc1F. The molecule has 0 aliphatic carbocycles. The first kappa shape index (κ1) is 14.5. The van der Waals surface area contributed by atoms with Gasteiger partial charge in [0, 0.05) is 24.8 Å². The van der Waals surface area contributed by atoms with E-state index in [1.54, 1.807) is 6.07 Å². The lowest BCUT2D eigenvalue weighted by molar-refractivity contribution is 0.102. The Morgan fingerprint density at radius 3 is 2.75 bits per heavy atom. The van der Waals surface area contributed by atoms with Crippen molar-refractivity contribution in [3.05, 3.63) is 52.5 Å². The van der Waals surface area contributed by atoms with E-state index in [0.29, 0.717) is 5.69 Å². The number of hydrogen-bond donors (Lipinski definition) is 1. The van der Waals surface area contributed by atoms with E-state index in [1.807, 2.05) is 31.1 Å². The number of nitrogens with one attached hydrogen (secondary N) is 1. The molecule has 0 bridgehead atoms. The van der Waals surface area contributed by atoms with Crippen LogP contribution in [-0.4, -0.2) is 25.0 Å². The van der Waals surface area contributed by atoms with Crippen LogP contribution in [0.5, 0.6) is 0 Å². The lowest BCUT2D eigenvalue weighted by atomic mass is 10.2. The molecular weight excluding hydrogens is 325 g/mol. The molecule has 20 heavy (non-hydrogen) atoms. The van der Waals surface area contributed by atoms with Crippen molar-refractivity contribution in [1.82, 2.24) is 4.98 Å². The van der Waals surface area contributed by atoms with Crippen molar-refractivity contribution in [3.8, 4) is 0 Å². The molecule has 6 heteroatoms. The number of halogens is 2. The van der Waals surface area contributed by atoms with E-state index in [1.165, 1.54) is 18.3 Å². The van der Waals surface area contributed by atoms with Gasteiger partial charge < -0.3 is 10.2 Å². The number of hydrogen-bond acceptors (Lipinski definition) is 3. The number of pyridine rings is 1. The van der Waals surface area contributed by atoms with Gasteiger partial charge in [-0.15, -0.1) is 0 Å². The molecule has 0 fully saturated rings. The van der Waals surface area contributed by atoms with Gasteiger partial charge in [0.05, 0.1) is 16.9 Å². The molecule has 1 aromatic carbocycles. The summed E-state index contributed by atoms with van der Waals surface area (Å²) in [7, 11) is 3.73. The Balaban J connectivity index is 2.33. The van der Waals surface area contributed by atoms with E-state index in [2.05, 4.69) is 26.2 Å². The Morgan fingerprint density at radius 2 is 2.10 bits per heavy atom. The van der Waals surface area contributed by atoms with E-state index >= 15 is 0 Å². The van der Waals surface area contributed by atoms with Crippen LogP contribution in [0.4, 0.5) is 15.8 Å². The third kappa shape index (κ3) is 3.14. The summed E-state index contributed by atoms with van der Waals surface area (Å²) in [5.41, 5.74) is 1.33. The molecule has 1 amide bonds. The number of rotatable bonds is 3. The minimum absolute atomic E-state index is 0.0859. The van der Waals surface area contributed by atoms with Gasteiger partial charge >= 0.3 is 0 Å². The number of benzene rings is 1. The summed E-state index contributed by atoms with van der Waals surface area (Å²) < 4.78 is 14.3. The third-order valence-corrected chi connectivity index (χ3v) is 3.19. The molecular formula is C14H13BrFN3O. The Bertz CT molecular complexity index is 646. The molecule has 2 rings (SSSR count). The first-order valence-electron chi connectivity index (χ1n) is 5.88. The average Bonchev–Trinajstić information content (AvgIpc) is 2.38. The first-order chi connectivity index (χ1) is 9.49. The number of nitrogens with zero attached hydrogens (tertiary/aromatic N) is 2. The second-order valence-electron chi connectivity index (χ2n) is 4.35. The Morgan fingerprint density at radius 1 is 1.35 bits per heavy atom. The molecule has 104 valence electrons. The van der Waals surface area contributed by atoms with Crippen LogP contribution in [0.15, 0.2) is 41.0 Å². The third-order valence-electron chi connectivity index (χ3n) is 2.69. The second kappa shape index (κ2) is 6.00. The topological polar surface area (TPSA) is 45.2 Å². The molecule has 2 aromatic rings. The zero-order chi connectivity index (χ0) is 14.7. The summed E-state index contributed by atoms with van der Waals surface area (Å²) in [5.74, 6) is -1.32. The molecule has 0 spiro atoms. The Hall–Kier alpha value is -1.95. The number of aromatic nitrogens is 1. The quantitative estimate of drug-likeness (QED) is 0.874. The maximum Gasteiger partial charge on any atom is 0.260 e. The maximum atomic E-state index is 13.5. The minimum atomic E-state index is -0.786. The van der Waals surface area contributed by atoms with Gasteiger partial charge in [-0.3, -0.25) is 4.79 Å². The summed E-state index contributed by atoms with van der Waals surface area (Å²) in [4.78, 5) is 17.4. The molecule has 0 radical (unpaired) electrons. The smallest absolute Gasteiger partial charge is 0.260 e. The van der Waals surface area contributed by atoms with Gasteiger partial charge in [0.25, 0.3) is 5.91 Å². The zero-order valence-electron chi connectivity index (χ0n) is 11.0. The van der Waals surface area contributed by atoms with Gasteiger partial charge in [0.15, 0.2) is 0 Å². The van der Waals surface area contributed by atoms with Crippen LogP contribution in [0, 0.1) is 5.95 Å². The molecule has 1 heterocycles. The summed E-state index contributed by atoms with van der Waals surface area (Å²) in [6.45, 7) is 0. The molecule has 4 nitrogen and oxygen atoms in total. The van der Waals surface area contributed by atoms with Crippen molar-refractivity contribution < 1.29 is 9.18 Å². The molecule has 1 aromatic heterocycles. The highest BCUT2D eigenvalue weighted by Gasteiger charge is 2.14. The molecule has 1 N–H and O–H groups in total. The monoisotopic (exact) mass is 337 g/mol. The van der Waals surface area contributed by atoms with Crippen LogP contribution in [-0.2, 0) is 0 Å². The van der Waals surface area contributed by atoms with Gasteiger partial charge in [-0.2, -0.15) is 4.39 Å². The maximum absolute atomic E-state index is 13.5. The summed E-state index contributed by atoms with van der Waals surface area (Å²) in [6.07, 6.45) is 1.30. The van der Waals surface area contributed by atoms with Gasteiger partial charge in [-0.25, -0.2) is 4.98 Å². The van der Waals surface area contributed by atoms with Gasteiger partial charge in [0.1, 0.15) is 0 Å². The molecule has 0 saturated heterocycles. The number of anilines is 2. The van der Waals surface area contributed by atoms with Crippen LogP contribution in [0.1, 0.15) is 10.4 Å². The second-order valence-corrected chi connectivity index (χ2v) is 5.27. The lowest BCUT2D eigenvalue weighted by Crippen LogP contribution is -2.18. The highest BCUT2D eigenvalue weighted by atomic mass is 79.9. The fourth-order valence-corrected chi connectivity index (χ4v) is 2.10. The van der Waals surface area contributed by atoms with Gasteiger partial charge in [0.2, 0.25) is 5.95 Å². The van der Waals surface area contributed by atoms with Crippen molar-refractivity contribution in [2.45, 2.75) is 0 Å². The zero-order valence-corrected chi connectivity index (χ0v) is 12.6. The van der Waals surface area contributed by atoms with Crippen molar-refractivity contribution in [2.75, 3.05) is 24.3 Å². The predicted molar refractivity (Wildman–Crippen MR) is 80.6 cm³/mol.